The smallest absolute Gasteiger partial charge is 0.164 e. The molecule has 0 radical (unpaired) electrons. The van der Waals surface area contributed by atoms with E-state index in [1.807, 2.05) is 109 Å². The third kappa shape index (κ3) is 19.6. The monoisotopic (exact) mass is 1690 g/mol. The number of benzene rings is 17. The van der Waals surface area contributed by atoms with E-state index in [2.05, 4.69) is 395 Å². The second kappa shape index (κ2) is 39.4. The van der Waals surface area contributed by atoms with Crippen LogP contribution in [0.1, 0.15) is 0 Å². The van der Waals surface area contributed by atoms with Gasteiger partial charge in [0.1, 0.15) is 6.33 Å². The Morgan fingerprint density at radius 3 is 0.583 bits per heavy atom. The average molecular weight is 1690 g/mol. The molecule has 0 saturated heterocycles. The molecule has 10 heteroatoms. The molecule has 10 nitrogen and oxygen atoms in total. The third-order valence-corrected chi connectivity index (χ3v) is 23.2. The Hall–Kier alpha value is -17.9. The summed E-state index contributed by atoms with van der Waals surface area (Å²) in [4.78, 5) is 46.0. The van der Waals surface area contributed by atoms with E-state index in [-0.39, 0.29) is 0 Å². The van der Waals surface area contributed by atoms with Crippen LogP contribution in [0.2, 0.25) is 0 Å². The standard InChI is InChI=1S/C43H29N5.C40H28N2.C39H27N3/c1-3-9-30(10-4-1)38-27-39(31-11-5-2-6-12-31)29-40(28-38)36-15-7-13-34(25-36)35-14-8-16-37(26-35)43-47-41(32-17-21-44-22-18-32)46-42(48-43)33-19-23-45-24-20-33;1-4-12-29(13-5-1)36-26-37(30-14-6-2-7-15-30)28-38(27-36)34-20-10-18-32(24-34)33-19-11-21-35(25-33)39-22-23-41-40(42-39)31-16-8-3-9-17-31;1-4-12-28(13-5-1)35-24-36(29-14-6-2-7-15-29)26-37(25-35)33-20-10-18-31(22-33)32-19-11-21-34(23-32)39-41-27-40-38(42-39)30-16-8-3-9-17-30/h1-29H;1-28H;1-27H. The summed E-state index contributed by atoms with van der Waals surface area (Å²) in [5.74, 6) is 3.84. The van der Waals surface area contributed by atoms with Crippen molar-refractivity contribution >= 4 is 0 Å². The fourth-order valence-corrected chi connectivity index (χ4v) is 16.5. The van der Waals surface area contributed by atoms with Crippen LogP contribution in [0.15, 0.2) is 510 Å². The molecule has 0 N–H and O–H groups in total. The lowest BCUT2D eigenvalue weighted by Gasteiger charge is -2.13. The molecule has 22 rings (SSSR count). The topological polar surface area (TPSA) is 129 Å². The van der Waals surface area contributed by atoms with E-state index in [1.165, 1.54) is 89.0 Å². The molecular weight excluding hydrogens is 1610 g/mol. The number of hydrogen-bond acceptors (Lipinski definition) is 10. The average Bonchev–Trinajstić information content (AvgIpc) is 0.800. The lowest BCUT2D eigenvalue weighted by Crippen LogP contribution is -2.00. The van der Waals surface area contributed by atoms with E-state index in [0.29, 0.717) is 29.1 Å². The van der Waals surface area contributed by atoms with Crippen molar-refractivity contribution in [3.05, 3.63) is 510 Å². The highest BCUT2D eigenvalue weighted by Gasteiger charge is 2.19. The fourth-order valence-electron chi connectivity index (χ4n) is 16.5. The van der Waals surface area contributed by atoms with Crippen LogP contribution in [0.25, 0.3) is 213 Å². The lowest BCUT2D eigenvalue weighted by molar-refractivity contribution is 1.07. The number of aromatic nitrogens is 10. The maximum absolute atomic E-state index is 4.91. The molecule has 0 aliphatic heterocycles. The van der Waals surface area contributed by atoms with Gasteiger partial charge in [-0.05, 0) is 255 Å². The Morgan fingerprint density at radius 1 is 0.106 bits per heavy atom. The van der Waals surface area contributed by atoms with Crippen molar-refractivity contribution < 1.29 is 0 Å². The van der Waals surface area contributed by atoms with Gasteiger partial charge in [-0.1, -0.05) is 352 Å². The Kier molecular flexibility index (Phi) is 24.6. The van der Waals surface area contributed by atoms with E-state index in [9.17, 15) is 0 Å². The number of hydrogen-bond donors (Lipinski definition) is 0. The molecular formula is C122H84N10. The molecule has 0 saturated carbocycles. The van der Waals surface area contributed by atoms with E-state index in [1.54, 1.807) is 31.1 Å². The van der Waals surface area contributed by atoms with Crippen molar-refractivity contribution in [2.24, 2.45) is 0 Å². The first-order valence-electron chi connectivity index (χ1n) is 44.0. The maximum atomic E-state index is 4.91. The summed E-state index contributed by atoms with van der Waals surface area (Å²) in [5.41, 5.74) is 35.7. The van der Waals surface area contributed by atoms with E-state index in [4.69, 9.17) is 24.9 Å². The largest absolute Gasteiger partial charge is 0.265 e. The van der Waals surface area contributed by atoms with Gasteiger partial charge in [0.05, 0.1) is 5.69 Å². The quantitative estimate of drug-likeness (QED) is 0.0772. The Labute approximate surface area is 768 Å². The summed E-state index contributed by atoms with van der Waals surface area (Å²) >= 11 is 0. The summed E-state index contributed by atoms with van der Waals surface area (Å²) in [6, 6.07) is 165. The van der Waals surface area contributed by atoms with Crippen molar-refractivity contribution in [1.29, 1.82) is 0 Å². The Balaban J connectivity index is 0.000000124. The van der Waals surface area contributed by atoms with Crippen molar-refractivity contribution in [2.75, 3.05) is 0 Å². The summed E-state index contributed by atoms with van der Waals surface area (Å²) < 4.78 is 0. The summed E-state index contributed by atoms with van der Waals surface area (Å²) in [5, 5.41) is 0. The fraction of sp³-hybridized carbons (Fsp3) is 0. The first kappa shape index (κ1) is 82.4. The minimum atomic E-state index is 0.592. The normalized spacial score (nSPS) is 10.9. The van der Waals surface area contributed by atoms with Gasteiger partial charge in [0.25, 0.3) is 0 Å². The Morgan fingerprint density at radius 2 is 0.288 bits per heavy atom. The van der Waals surface area contributed by atoms with Gasteiger partial charge in [0.15, 0.2) is 34.9 Å². The summed E-state index contributed by atoms with van der Waals surface area (Å²) in [6.07, 6.45) is 10.4. The zero-order valence-corrected chi connectivity index (χ0v) is 72.0. The predicted octanol–water partition coefficient (Wildman–Crippen LogP) is 30.7. The summed E-state index contributed by atoms with van der Waals surface area (Å²) in [6.45, 7) is 0. The van der Waals surface area contributed by atoms with E-state index in [0.717, 1.165) is 95.0 Å². The highest BCUT2D eigenvalue weighted by atomic mass is 15.0. The highest BCUT2D eigenvalue weighted by Crippen LogP contribution is 2.41. The van der Waals surface area contributed by atoms with Crippen LogP contribution in [-0.4, -0.2) is 49.8 Å². The van der Waals surface area contributed by atoms with Gasteiger partial charge in [-0.25, -0.2) is 39.9 Å². The van der Waals surface area contributed by atoms with Crippen LogP contribution in [0.5, 0.6) is 0 Å². The lowest BCUT2D eigenvalue weighted by atomic mass is 9.92. The minimum Gasteiger partial charge on any atom is -0.265 e. The zero-order chi connectivity index (χ0) is 88.4. The third-order valence-electron chi connectivity index (χ3n) is 23.2. The van der Waals surface area contributed by atoms with E-state index >= 15 is 0 Å². The van der Waals surface area contributed by atoms with Gasteiger partial charge in [0.2, 0.25) is 0 Å². The molecule has 22 aromatic rings. The van der Waals surface area contributed by atoms with Gasteiger partial charge in [0, 0.05) is 69.9 Å². The molecule has 0 aliphatic rings. The van der Waals surface area contributed by atoms with Gasteiger partial charge in [-0.2, -0.15) is 0 Å². The van der Waals surface area contributed by atoms with Crippen LogP contribution in [0.3, 0.4) is 0 Å². The van der Waals surface area contributed by atoms with Gasteiger partial charge >= 0.3 is 0 Å². The second-order valence-corrected chi connectivity index (χ2v) is 32.0. The van der Waals surface area contributed by atoms with Crippen LogP contribution in [0, 0.1) is 0 Å². The van der Waals surface area contributed by atoms with Gasteiger partial charge in [-0.3, -0.25) is 9.97 Å². The summed E-state index contributed by atoms with van der Waals surface area (Å²) in [7, 11) is 0. The number of pyridine rings is 2. The van der Waals surface area contributed by atoms with E-state index < -0.39 is 0 Å². The highest BCUT2D eigenvalue weighted by molar-refractivity contribution is 5.88. The molecule has 0 aliphatic carbocycles. The molecule has 5 heterocycles. The van der Waals surface area contributed by atoms with Crippen molar-refractivity contribution in [1.82, 2.24) is 49.8 Å². The minimum absolute atomic E-state index is 0.592. The van der Waals surface area contributed by atoms with Crippen LogP contribution in [0.4, 0.5) is 0 Å². The molecule has 0 bridgehead atoms. The molecule has 5 aromatic heterocycles. The first-order valence-corrected chi connectivity index (χ1v) is 44.0. The zero-order valence-electron chi connectivity index (χ0n) is 72.0. The van der Waals surface area contributed by atoms with Gasteiger partial charge < -0.3 is 0 Å². The molecule has 0 unspecified atom stereocenters. The Bertz CT molecular complexity index is 7020. The van der Waals surface area contributed by atoms with Crippen molar-refractivity contribution in [3.63, 3.8) is 0 Å². The molecule has 132 heavy (non-hydrogen) atoms. The molecule has 0 spiro atoms. The van der Waals surface area contributed by atoms with Crippen LogP contribution in [-0.2, 0) is 0 Å². The van der Waals surface area contributed by atoms with Crippen molar-refractivity contribution in [2.45, 2.75) is 0 Å². The molecule has 17 aromatic carbocycles. The number of rotatable bonds is 19. The first-order chi connectivity index (χ1) is 65.4. The molecule has 0 fully saturated rings. The van der Waals surface area contributed by atoms with Crippen LogP contribution < -0.4 is 0 Å². The maximum Gasteiger partial charge on any atom is 0.164 e. The SMILES string of the molecule is c1ccc(-c2cc(-c3ccccc3)cc(-c3cccc(-c4cccc(-c5ccnc(-c6ccccc6)n5)c4)c3)c2)cc1.c1ccc(-c2cc(-c3ccccc3)cc(-c3cccc(-c4cccc(-c5nc(-c6ccncc6)nc(-c6ccncc6)n5)c4)c3)c2)cc1.c1ccc(-c2cc(-c3ccccc3)cc(-c3cccc(-c4cccc(-c5ncnc(-c6ccccc6)n5)c4)c3)c2)cc1. The van der Waals surface area contributed by atoms with Crippen molar-refractivity contribution in [3.8, 4) is 213 Å². The number of nitrogens with zero attached hydrogens (tertiary/aromatic N) is 10. The predicted molar refractivity (Wildman–Crippen MR) is 541 cm³/mol. The molecule has 622 valence electrons. The second-order valence-electron chi connectivity index (χ2n) is 32.0. The molecule has 0 atom stereocenters. The van der Waals surface area contributed by atoms with Gasteiger partial charge in [-0.15, -0.1) is 0 Å². The van der Waals surface area contributed by atoms with Crippen LogP contribution >= 0.6 is 0 Å². The molecule has 0 amide bonds.